The molecule has 0 aliphatic heterocycles. The second-order valence-corrected chi connectivity index (χ2v) is 12.1. The Morgan fingerprint density at radius 2 is 1.43 bits per heavy atom. The first-order valence-electron chi connectivity index (χ1n) is 11.7. The van der Waals surface area contributed by atoms with Gasteiger partial charge in [0.1, 0.15) is 11.5 Å². The molecule has 0 bridgehead atoms. The number of methoxy groups -OCH3 is 2. The molecule has 42 heavy (non-hydrogen) atoms. The fourth-order valence-corrected chi connectivity index (χ4v) is 5.35. The van der Waals surface area contributed by atoms with Crippen molar-refractivity contribution in [3.8, 4) is 11.5 Å². The van der Waals surface area contributed by atoms with Crippen LogP contribution in [0.15, 0.2) is 84.3 Å². The van der Waals surface area contributed by atoms with E-state index in [2.05, 4.69) is 6.58 Å². The smallest absolute Gasteiger partial charge is 0.269 e. The molecule has 0 heterocycles. The largest absolute Gasteiger partial charge is 0.497 e. The average molecular weight is 663 g/mol. The van der Waals surface area contributed by atoms with Crippen LogP contribution in [0, 0.1) is 20.2 Å². The van der Waals surface area contributed by atoms with Crippen molar-refractivity contribution in [3.05, 3.63) is 111 Å². The summed E-state index contributed by atoms with van der Waals surface area (Å²) in [6, 6.07) is 12.9. The molecule has 0 radical (unpaired) electrons. The van der Waals surface area contributed by atoms with E-state index in [1.54, 1.807) is 18.2 Å². The second-order valence-electron chi connectivity index (χ2n) is 8.25. The van der Waals surface area contributed by atoms with E-state index in [1.165, 1.54) is 44.6 Å². The van der Waals surface area contributed by atoms with Crippen molar-refractivity contribution in [2.45, 2.75) is 27.9 Å². The summed E-state index contributed by atoms with van der Waals surface area (Å²) in [5, 5.41) is 33.3. The van der Waals surface area contributed by atoms with Crippen molar-refractivity contribution in [2.75, 3.05) is 14.2 Å². The summed E-state index contributed by atoms with van der Waals surface area (Å²) in [6.07, 6.45) is -0.226. The van der Waals surface area contributed by atoms with E-state index in [-0.39, 0.29) is 28.4 Å². The van der Waals surface area contributed by atoms with E-state index in [0.29, 0.717) is 17.1 Å². The number of non-ortho nitro benzene ring substituents is 2. The van der Waals surface area contributed by atoms with Crippen LogP contribution in [0.3, 0.4) is 0 Å². The number of rotatable bonds is 12. The van der Waals surface area contributed by atoms with Gasteiger partial charge in [-0.25, -0.2) is 8.42 Å². The Balaban J connectivity index is 0.00000144. The molecule has 0 unspecified atom stereocenters. The van der Waals surface area contributed by atoms with Gasteiger partial charge >= 0.3 is 0 Å². The van der Waals surface area contributed by atoms with Gasteiger partial charge in [-0.15, -0.1) is 6.58 Å². The number of aliphatic hydroxyl groups excluding tert-OH is 1. The van der Waals surface area contributed by atoms with Crippen LogP contribution in [-0.4, -0.2) is 52.2 Å². The minimum Gasteiger partial charge on any atom is -0.497 e. The maximum atomic E-state index is 13.9. The van der Waals surface area contributed by atoms with Crippen molar-refractivity contribution in [1.29, 1.82) is 0 Å². The minimum atomic E-state index is -4.38. The lowest BCUT2D eigenvalue weighted by atomic mass is 10.0. The Labute approximate surface area is 257 Å². The number of sulfonamides is 1. The molecule has 12 nitrogen and oxygen atoms in total. The van der Waals surface area contributed by atoms with E-state index in [0.717, 1.165) is 28.6 Å². The highest BCUT2D eigenvalue weighted by molar-refractivity contribution is 7.89. The molecule has 0 amide bonds. The maximum Gasteiger partial charge on any atom is 0.269 e. The van der Waals surface area contributed by atoms with Crippen LogP contribution in [-0.2, 0) is 16.6 Å². The summed E-state index contributed by atoms with van der Waals surface area (Å²) >= 11 is 14.4. The van der Waals surface area contributed by atoms with Gasteiger partial charge in [-0.3, -0.25) is 20.2 Å². The molecule has 0 aliphatic carbocycles. The second kappa shape index (κ2) is 15.7. The quantitative estimate of drug-likeness (QED) is 0.106. The SMILES string of the molecule is C=C[C@H]([C@@H](O)c1ccc([N+](=O)[O-])cc1)N(Cc1ccc(OC)cc1OC)S(=O)(=O)c1ccc([N+](=O)[O-])cc1.ClC(Cl)Cl. The lowest BCUT2D eigenvalue weighted by Crippen LogP contribution is -2.42. The van der Waals surface area contributed by atoms with Crippen LogP contribution in [0.1, 0.15) is 17.2 Å². The van der Waals surface area contributed by atoms with Crippen LogP contribution in [0.2, 0.25) is 0 Å². The molecule has 0 saturated carbocycles. The van der Waals surface area contributed by atoms with Crippen LogP contribution >= 0.6 is 34.8 Å². The predicted octanol–water partition coefficient (Wildman–Crippen LogP) is 5.99. The summed E-state index contributed by atoms with van der Waals surface area (Å²) in [7, 11) is -1.51. The number of ether oxygens (including phenoxy) is 2. The zero-order valence-corrected chi connectivity index (χ0v) is 25.3. The molecule has 0 fully saturated rings. The fraction of sp³-hybridized carbons (Fsp3) is 0.231. The maximum absolute atomic E-state index is 13.9. The summed E-state index contributed by atoms with van der Waals surface area (Å²) in [5.41, 5.74) is 0.153. The monoisotopic (exact) mass is 661 g/mol. The number of benzene rings is 3. The third kappa shape index (κ3) is 9.02. The molecular weight excluding hydrogens is 637 g/mol. The molecule has 2 atom stereocenters. The van der Waals surface area contributed by atoms with Crippen molar-refractivity contribution in [1.82, 2.24) is 4.31 Å². The van der Waals surface area contributed by atoms with E-state index in [9.17, 15) is 33.8 Å². The number of hydrogen-bond donors (Lipinski definition) is 1. The van der Waals surface area contributed by atoms with E-state index in [4.69, 9.17) is 44.3 Å². The Hall–Kier alpha value is -3.46. The molecule has 226 valence electrons. The van der Waals surface area contributed by atoms with Crippen molar-refractivity contribution in [2.24, 2.45) is 0 Å². The number of hydrogen-bond acceptors (Lipinski definition) is 9. The number of halogens is 3. The number of alkyl halides is 3. The Bertz CT molecular complexity index is 1490. The first-order valence-corrected chi connectivity index (χ1v) is 14.5. The minimum absolute atomic E-state index is 0.200. The summed E-state index contributed by atoms with van der Waals surface area (Å²) in [6.45, 7) is 3.43. The van der Waals surface area contributed by atoms with Gasteiger partial charge < -0.3 is 14.6 Å². The Kier molecular flexibility index (Phi) is 13.0. The lowest BCUT2D eigenvalue weighted by Gasteiger charge is -2.32. The number of aliphatic hydroxyl groups is 1. The molecule has 1 N–H and O–H groups in total. The molecule has 0 spiro atoms. The molecule has 16 heteroatoms. The van der Waals surface area contributed by atoms with Gasteiger partial charge in [-0.05, 0) is 35.9 Å². The summed E-state index contributed by atoms with van der Waals surface area (Å²) in [4.78, 5) is 20.6. The van der Waals surface area contributed by atoms with Gasteiger partial charge in [0.15, 0.2) is 4.30 Å². The van der Waals surface area contributed by atoms with Gasteiger partial charge in [-0.1, -0.05) is 46.9 Å². The van der Waals surface area contributed by atoms with Crippen LogP contribution in [0.25, 0.3) is 0 Å². The Morgan fingerprint density at radius 3 is 1.86 bits per heavy atom. The highest BCUT2D eigenvalue weighted by Gasteiger charge is 2.36. The summed E-state index contributed by atoms with van der Waals surface area (Å²) < 4.78 is 38.6. The first kappa shape index (κ1) is 34.7. The molecule has 0 aliphatic rings. The van der Waals surface area contributed by atoms with E-state index in [1.807, 2.05) is 0 Å². The predicted molar refractivity (Wildman–Crippen MR) is 159 cm³/mol. The highest BCUT2D eigenvalue weighted by Crippen LogP contribution is 2.33. The normalized spacial score (nSPS) is 12.6. The van der Waals surface area contributed by atoms with E-state index < -0.39 is 36.3 Å². The number of nitro benzene ring substituents is 2. The molecular formula is C26H26Cl3N3O9S. The fourth-order valence-electron chi connectivity index (χ4n) is 3.77. The molecule has 3 aromatic rings. The van der Waals surface area contributed by atoms with Gasteiger partial charge in [0.25, 0.3) is 11.4 Å². The molecule has 0 saturated heterocycles. The van der Waals surface area contributed by atoms with Gasteiger partial charge in [0, 0.05) is 42.4 Å². The van der Waals surface area contributed by atoms with Gasteiger partial charge in [0.05, 0.1) is 41.1 Å². The van der Waals surface area contributed by atoms with Crippen molar-refractivity contribution >= 4 is 56.2 Å². The van der Waals surface area contributed by atoms with Crippen LogP contribution < -0.4 is 9.47 Å². The number of nitro groups is 2. The van der Waals surface area contributed by atoms with Crippen molar-refractivity contribution in [3.63, 3.8) is 0 Å². The molecule has 3 rings (SSSR count). The zero-order valence-electron chi connectivity index (χ0n) is 22.2. The molecule has 3 aromatic carbocycles. The van der Waals surface area contributed by atoms with Crippen LogP contribution in [0.4, 0.5) is 11.4 Å². The standard InChI is InChI=1S/C25H25N3O9S.CHCl3/c1-4-23(25(29)17-5-8-19(9-6-17)27(30)31)26(16-18-7-12-21(36-2)15-24(18)37-3)38(34,35)22-13-10-20(11-14-22)28(32)33;2-1(3)4/h4-15,23,25,29H,1,16H2,2-3H3;1H/t23-,25+;/m1./s1. The molecule has 0 aromatic heterocycles. The topological polar surface area (TPSA) is 162 Å². The van der Waals surface area contributed by atoms with Crippen molar-refractivity contribution < 1.29 is 32.8 Å². The van der Waals surface area contributed by atoms with E-state index >= 15 is 0 Å². The lowest BCUT2D eigenvalue weighted by molar-refractivity contribution is -0.385. The van der Waals surface area contributed by atoms with Crippen LogP contribution in [0.5, 0.6) is 11.5 Å². The highest BCUT2D eigenvalue weighted by atomic mass is 35.6. The van der Waals surface area contributed by atoms with Gasteiger partial charge in [0.2, 0.25) is 10.0 Å². The third-order valence-electron chi connectivity index (χ3n) is 5.82. The third-order valence-corrected chi connectivity index (χ3v) is 7.68. The first-order chi connectivity index (χ1) is 19.8. The summed E-state index contributed by atoms with van der Waals surface area (Å²) in [5.74, 6) is 0.794. The zero-order chi connectivity index (χ0) is 31.6. The average Bonchev–Trinajstić information content (AvgIpc) is 2.96. The Morgan fingerprint density at radius 1 is 0.929 bits per heavy atom. The number of nitrogens with zero attached hydrogens (tertiary/aromatic N) is 3. The van der Waals surface area contributed by atoms with Gasteiger partial charge in [-0.2, -0.15) is 4.31 Å².